The van der Waals surface area contributed by atoms with Crippen LogP contribution in [0.1, 0.15) is 20.8 Å². The molecule has 104 valence electrons. The summed E-state index contributed by atoms with van der Waals surface area (Å²) < 4.78 is 4.89. The van der Waals surface area contributed by atoms with Crippen LogP contribution >= 0.6 is 11.8 Å². The number of amides is 1. The second kappa shape index (κ2) is 6.05. The van der Waals surface area contributed by atoms with Gasteiger partial charge in [-0.15, -0.1) is 11.8 Å². The van der Waals surface area contributed by atoms with E-state index in [0.717, 1.165) is 16.7 Å². The highest BCUT2D eigenvalue weighted by molar-refractivity contribution is 8.01. The average molecular weight is 278 g/mol. The number of hydrogen-bond acceptors (Lipinski definition) is 6. The van der Waals surface area contributed by atoms with Crippen molar-refractivity contribution < 1.29 is 24.2 Å². The number of carbonyl (C=O) groups is 3. The van der Waals surface area contributed by atoms with Crippen LogP contribution in [0.5, 0.6) is 0 Å². The Bertz CT molecular complexity index is 362. The van der Waals surface area contributed by atoms with Gasteiger partial charge in [-0.3, -0.25) is 4.79 Å². The maximum Gasteiger partial charge on any atom is 0.342 e. The second-order valence-corrected chi connectivity index (χ2v) is 5.17. The predicted octanol–water partition coefficient (Wildman–Crippen LogP) is 0.476. The van der Waals surface area contributed by atoms with Gasteiger partial charge in [0, 0.05) is 12.7 Å². The van der Waals surface area contributed by atoms with Crippen LogP contribution in [0.25, 0.3) is 0 Å². The second-order valence-electron chi connectivity index (χ2n) is 3.76. The zero-order valence-electron chi connectivity index (χ0n) is 10.6. The minimum atomic E-state index is -1.25. The maximum atomic E-state index is 11.8. The third kappa shape index (κ3) is 2.75. The number of aliphatic carboxylic acids is 1. The molecule has 0 aromatic rings. The first-order chi connectivity index (χ1) is 7.84. The van der Waals surface area contributed by atoms with Crippen molar-refractivity contribution in [1.29, 1.82) is 0 Å². The molecule has 1 aliphatic rings. The Labute approximate surface area is 109 Å². The van der Waals surface area contributed by atoms with E-state index in [1.165, 1.54) is 13.8 Å². The Balaban J connectivity index is 0.00000289. The summed E-state index contributed by atoms with van der Waals surface area (Å²) in [6.45, 7) is 4.62. The monoisotopic (exact) mass is 278 g/mol. The Morgan fingerprint density at radius 1 is 1.50 bits per heavy atom. The van der Waals surface area contributed by atoms with E-state index >= 15 is 0 Å². The van der Waals surface area contributed by atoms with E-state index in [2.05, 4.69) is 0 Å². The summed E-state index contributed by atoms with van der Waals surface area (Å²) in [4.78, 5) is 34.2. The first-order valence-electron chi connectivity index (χ1n) is 5.18. The lowest BCUT2D eigenvalue weighted by atomic mass is 10.2. The number of thioether (sulfide) groups is 1. The Morgan fingerprint density at radius 2 is 2.06 bits per heavy atom. The van der Waals surface area contributed by atoms with Crippen LogP contribution in [0.4, 0.5) is 0 Å². The summed E-state index contributed by atoms with van der Waals surface area (Å²) in [6, 6.07) is -0.980. The van der Waals surface area contributed by atoms with Crippen LogP contribution < -0.4 is 6.15 Å². The van der Waals surface area contributed by atoms with E-state index < -0.39 is 28.8 Å². The molecule has 0 saturated carbocycles. The molecule has 1 aliphatic heterocycles. The van der Waals surface area contributed by atoms with Gasteiger partial charge < -0.3 is 20.9 Å². The fourth-order valence-corrected chi connectivity index (χ4v) is 3.15. The Hall–Kier alpha value is -1.28. The van der Waals surface area contributed by atoms with Gasteiger partial charge in [0.2, 0.25) is 5.91 Å². The number of carboxylic acid groups (broad SMARTS) is 1. The van der Waals surface area contributed by atoms with Crippen molar-refractivity contribution in [1.82, 2.24) is 11.1 Å². The van der Waals surface area contributed by atoms with E-state index in [1.807, 2.05) is 0 Å². The summed E-state index contributed by atoms with van der Waals surface area (Å²) in [5, 5.41) is 9.02. The normalized spacial score (nSPS) is 26.4. The van der Waals surface area contributed by atoms with Gasteiger partial charge in [-0.1, -0.05) is 0 Å². The molecule has 0 aromatic heterocycles. The Kier molecular flexibility index (Phi) is 5.62. The minimum Gasteiger partial charge on any atom is -0.480 e. The van der Waals surface area contributed by atoms with Gasteiger partial charge in [-0.05, 0) is 13.8 Å². The summed E-state index contributed by atoms with van der Waals surface area (Å²) >= 11 is 1.12. The first kappa shape index (κ1) is 16.7. The molecule has 1 saturated heterocycles. The molecule has 18 heavy (non-hydrogen) atoms. The van der Waals surface area contributed by atoms with Crippen molar-refractivity contribution in [3.05, 3.63) is 0 Å². The molecule has 0 aliphatic carbocycles. The summed E-state index contributed by atoms with van der Waals surface area (Å²) in [7, 11) is 0. The van der Waals surface area contributed by atoms with Crippen molar-refractivity contribution >= 4 is 29.6 Å². The van der Waals surface area contributed by atoms with Crippen molar-refractivity contribution in [2.45, 2.75) is 31.7 Å². The van der Waals surface area contributed by atoms with Gasteiger partial charge in [-0.2, -0.15) is 0 Å². The van der Waals surface area contributed by atoms with Crippen molar-refractivity contribution in [3.8, 4) is 0 Å². The molecular formula is C10H18N2O5S. The lowest BCUT2D eigenvalue weighted by molar-refractivity contribution is -0.160. The van der Waals surface area contributed by atoms with Gasteiger partial charge in [0.1, 0.15) is 6.04 Å². The predicted molar refractivity (Wildman–Crippen MR) is 66.5 cm³/mol. The van der Waals surface area contributed by atoms with E-state index in [9.17, 15) is 14.4 Å². The summed E-state index contributed by atoms with van der Waals surface area (Å²) in [5.74, 6) is -1.95. The summed E-state index contributed by atoms with van der Waals surface area (Å²) in [6.07, 6.45) is 0. The van der Waals surface area contributed by atoms with E-state index in [0.29, 0.717) is 0 Å². The molecular weight excluding hydrogens is 260 g/mol. The van der Waals surface area contributed by atoms with Crippen LogP contribution in [0.3, 0.4) is 0 Å². The molecule has 1 heterocycles. The number of carbonyl (C=O) groups excluding carboxylic acids is 2. The molecule has 2 atom stereocenters. The molecule has 1 amide bonds. The topological polar surface area (TPSA) is 119 Å². The number of esters is 1. The summed E-state index contributed by atoms with van der Waals surface area (Å²) in [5.41, 5.74) is 0. The minimum absolute atomic E-state index is 0. The number of ether oxygens (including phenoxy) is 1. The van der Waals surface area contributed by atoms with Crippen molar-refractivity contribution in [3.63, 3.8) is 0 Å². The lowest BCUT2D eigenvalue weighted by Crippen LogP contribution is -2.54. The lowest BCUT2D eigenvalue weighted by Gasteiger charge is -2.33. The van der Waals surface area contributed by atoms with Crippen LogP contribution in [-0.4, -0.2) is 51.1 Å². The van der Waals surface area contributed by atoms with Crippen LogP contribution in [0.15, 0.2) is 0 Å². The zero-order valence-corrected chi connectivity index (χ0v) is 11.5. The molecule has 0 radical (unpaired) electrons. The molecule has 1 fully saturated rings. The van der Waals surface area contributed by atoms with Crippen LogP contribution in [-0.2, 0) is 19.1 Å². The molecule has 1 rings (SSSR count). The molecule has 4 N–H and O–H groups in total. The molecule has 0 bridgehead atoms. The number of carboxylic acids is 1. The third-order valence-corrected chi connectivity index (χ3v) is 3.98. The number of rotatable bonds is 3. The van der Waals surface area contributed by atoms with E-state index in [4.69, 9.17) is 9.84 Å². The van der Waals surface area contributed by atoms with E-state index in [1.54, 1.807) is 6.92 Å². The quantitative estimate of drug-likeness (QED) is 0.720. The highest BCUT2D eigenvalue weighted by Crippen LogP contribution is 2.40. The number of hydrogen-bond donors (Lipinski definition) is 2. The van der Waals surface area contributed by atoms with Gasteiger partial charge >= 0.3 is 11.9 Å². The first-order valence-corrected chi connectivity index (χ1v) is 6.17. The molecule has 8 heteroatoms. The Morgan fingerprint density at radius 3 is 2.44 bits per heavy atom. The van der Waals surface area contributed by atoms with Gasteiger partial charge in [0.25, 0.3) is 0 Å². The molecule has 2 unspecified atom stereocenters. The van der Waals surface area contributed by atoms with Gasteiger partial charge in [0.15, 0.2) is 4.87 Å². The SMILES string of the molecule is CCOC(=O)C1(C)SCC(C(=O)O)N1C(C)=O.N. The number of nitrogens with zero attached hydrogens (tertiary/aromatic N) is 1. The van der Waals surface area contributed by atoms with Gasteiger partial charge in [0.05, 0.1) is 6.61 Å². The average Bonchev–Trinajstić information content (AvgIpc) is 2.58. The highest BCUT2D eigenvalue weighted by Gasteiger charge is 2.54. The molecule has 7 nitrogen and oxygen atoms in total. The zero-order chi connectivity index (χ0) is 13.2. The van der Waals surface area contributed by atoms with Crippen LogP contribution in [0.2, 0.25) is 0 Å². The third-order valence-electron chi connectivity index (χ3n) is 2.57. The standard InChI is InChI=1S/C10H15NO5S.H3N/c1-4-16-9(15)10(3)11(6(2)12)7(5-17-10)8(13)14;/h7H,4-5H2,1-3H3,(H,13,14);1H3. The largest absolute Gasteiger partial charge is 0.480 e. The molecule has 0 aromatic carbocycles. The fraction of sp³-hybridized carbons (Fsp3) is 0.700. The van der Waals surface area contributed by atoms with Crippen molar-refractivity contribution in [2.24, 2.45) is 0 Å². The van der Waals surface area contributed by atoms with E-state index in [-0.39, 0.29) is 18.5 Å². The molecule has 0 spiro atoms. The van der Waals surface area contributed by atoms with Crippen LogP contribution in [0, 0.1) is 0 Å². The van der Waals surface area contributed by atoms with Gasteiger partial charge in [-0.25, -0.2) is 9.59 Å². The maximum absolute atomic E-state index is 11.8. The smallest absolute Gasteiger partial charge is 0.342 e. The van der Waals surface area contributed by atoms with Crippen molar-refractivity contribution in [2.75, 3.05) is 12.4 Å². The fourth-order valence-electron chi connectivity index (χ4n) is 1.81. The highest BCUT2D eigenvalue weighted by atomic mass is 32.2.